The number of nitrogens with one attached hydrogen (secondary N) is 1. The molecular weight excluding hydrogens is 386 g/mol. The molecule has 1 aromatic carbocycles. The second kappa shape index (κ2) is 8.45. The molecular formula is C19H21NO3S3. The summed E-state index contributed by atoms with van der Waals surface area (Å²) in [5, 5.41) is 14.2. The maximum atomic E-state index is 12.4. The Labute approximate surface area is 162 Å². The van der Waals surface area contributed by atoms with Crippen molar-refractivity contribution in [1.29, 1.82) is 0 Å². The number of hydrogen-bond donors (Lipinski definition) is 2. The van der Waals surface area contributed by atoms with Crippen LogP contribution in [-0.4, -0.2) is 13.5 Å². The number of aliphatic hydroxyl groups is 1. The molecule has 0 radical (unpaired) electrons. The SMILES string of the molecule is CCCc1ccc(S(=O)(=O)NCc2ccc(C(O)c3ccsc3)s2)cc1. The first kappa shape index (κ1) is 19.3. The third kappa shape index (κ3) is 4.61. The van der Waals surface area contributed by atoms with Crippen molar-refractivity contribution in [2.75, 3.05) is 0 Å². The van der Waals surface area contributed by atoms with Crippen LogP contribution in [0.5, 0.6) is 0 Å². The van der Waals surface area contributed by atoms with Gasteiger partial charge in [-0.25, -0.2) is 13.1 Å². The highest BCUT2D eigenvalue weighted by Crippen LogP contribution is 2.29. The largest absolute Gasteiger partial charge is 0.383 e. The molecule has 26 heavy (non-hydrogen) atoms. The minimum atomic E-state index is -3.55. The molecule has 2 aromatic heterocycles. The summed E-state index contributed by atoms with van der Waals surface area (Å²) >= 11 is 2.95. The molecule has 1 unspecified atom stereocenters. The summed E-state index contributed by atoms with van der Waals surface area (Å²) in [6.45, 7) is 2.30. The van der Waals surface area contributed by atoms with E-state index >= 15 is 0 Å². The lowest BCUT2D eigenvalue weighted by molar-refractivity contribution is 0.224. The van der Waals surface area contributed by atoms with Crippen LogP contribution in [0, 0.1) is 0 Å². The van der Waals surface area contributed by atoms with Gasteiger partial charge in [0.1, 0.15) is 6.10 Å². The Morgan fingerprint density at radius 3 is 2.54 bits per heavy atom. The van der Waals surface area contributed by atoms with Gasteiger partial charge in [-0.1, -0.05) is 25.5 Å². The first-order valence-corrected chi connectivity index (χ1v) is 11.6. The predicted octanol–water partition coefficient (Wildman–Crippen LogP) is 4.32. The fourth-order valence-corrected chi connectivity index (χ4v) is 5.35. The molecule has 0 spiro atoms. The molecule has 7 heteroatoms. The van der Waals surface area contributed by atoms with E-state index in [0.29, 0.717) is 0 Å². The summed E-state index contributed by atoms with van der Waals surface area (Å²) in [5.41, 5.74) is 1.99. The summed E-state index contributed by atoms with van der Waals surface area (Å²) in [6.07, 6.45) is 1.31. The maximum Gasteiger partial charge on any atom is 0.240 e. The second-order valence-electron chi connectivity index (χ2n) is 5.98. The molecule has 0 amide bonds. The molecule has 2 heterocycles. The number of aryl methyl sites for hydroxylation is 1. The highest BCUT2D eigenvalue weighted by molar-refractivity contribution is 7.89. The summed E-state index contributed by atoms with van der Waals surface area (Å²) < 4.78 is 27.5. The number of benzene rings is 1. The van der Waals surface area contributed by atoms with E-state index in [0.717, 1.165) is 33.7 Å². The van der Waals surface area contributed by atoms with Crippen molar-refractivity contribution in [3.8, 4) is 0 Å². The summed E-state index contributed by atoms with van der Waals surface area (Å²) in [5.74, 6) is 0. The zero-order valence-corrected chi connectivity index (χ0v) is 16.8. The Kier molecular flexibility index (Phi) is 6.26. The summed E-state index contributed by atoms with van der Waals surface area (Å²) in [4.78, 5) is 1.94. The van der Waals surface area contributed by atoms with Crippen molar-refractivity contribution < 1.29 is 13.5 Å². The lowest BCUT2D eigenvalue weighted by Gasteiger charge is -2.07. The first-order valence-electron chi connectivity index (χ1n) is 8.37. The molecule has 0 aliphatic heterocycles. The van der Waals surface area contributed by atoms with E-state index < -0.39 is 16.1 Å². The highest BCUT2D eigenvalue weighted by Gasteiger charge is 2.16. The lowest BCUT2D eigenvalue weighted by atomic mass is 10.1. The predicted molar refractivity (Wildman–Crippen MR) is 107 cm³/mol. The van der Waals surface area contributed by atoms with Gasteiger partial charge in [-0.15, -0.1) is 11.3 Å². The van der Waals surface area contributed by atoms with Gasteiger partial charge in [0.05, 0.1) is 4.90 Å². The van der Waals surface area contributed by atoms with Gasteiger partial charge in [0.2, 0.25) is 10.0 Å². The van der Waals surface area contributed by atoms with Gasteiger partial charge in [-0.3, -0.25) is 0 Å². The van der Waals surface area contributed by atoms with Crippen molar-refractivity contribution in [2.45, 2.75) is 37.3 Å². The topological polar surface area (TPSA) is 66.4 Å². The number of hydrogen-bond acceptors (Lipinski definition) is 5. The van der Waals surface area contributed by atoms with E-state index in [1.165, 1.54) is 22.7 Å². The van der Waals surface area contributed by atoms with Crippen LogP contribution in [-0.2, 0) is 23.0 Å². The second-order valence-corrected chi connectivity index (χ2v) is 9.73. The van der Waals surface area contributed by atoms with Crippen LogP contribution in [0.1, 0.15) is 40.3 Å². The van der Waals surface area contributed by atoms with Crippen LogP contribution in [0.4, 0.5) is 0 Å². The van der Waals surface area contributed by atoms with Gasteiger partial charge in [0.15, 0.2) is 0 Å². The van der Waals surface area contributed by atoms with Gasteiger partial charge in [0.25, 0.3) is 0 Å². The molecule has 1 atom stereocenters. The van der Waals surface area contributed by atoms with E-state index in [1.54, 1.807) is 12.1 Å². The van der Waals surface area contributed by atoms with Crippen molar-refractivity contribution in [3.05, 3.63) is 74.1 Å². The number of thiophene rings is 2. The number of rotatable bonds is 8. The highest BCUT2D eigenvalue weighted by atomic mass is 32.2. The summed E-state index contributed by atoms with van der Waals surface area (Å²) in [6, 6.07) is 12.6. The van der Waals surface area contributed by atoms with Crippen molar-refractivity contribution >= 4 is 32.7 Å². The zero-order chi connectivity index (χ0) is 18.6. The van der Waals surface area contributed by atoms with Crippen LogP contribution in [0.2, 0.25) is 0 Å². The number of sulfonamides is 1. The third-order valence-electron chi connectivity index (χ3n) is 4.02. The molecule has 138 valence electrons. The molecule has 0 saturated heterocycles. The fraction of sp³-hybridized carbons (Fsp3) is 0.263. The summed E-state index contributed by atoms with van der Waals surface area (Å²) in [7, 11) is -3.55. The van der Waals surface area contributed by atoms with E-state index in [2.05, 4.69) is 11.6 Å². The normalized spacial score (nSPS) is 13.0. The van der Waals surface area contributed by atoms with E-state index in [1.807, 2.05) is 41.1 Å². The maximum absolute atomic E-state index is 12.4. The molecule has 3 aromatic rings. The molecule has 0 bridgehead atoms. The van der Waals surface area contributed by atoms with Crippen LogP contribution in [0.3, 0.4) is 0 Å². The standard InChI is InChI=1S/C19H21NO3S3/c1-2-3-14-4-7-17(8-5-14)26(22,23)20-12-16-6-9-18(25-16)19(21)15-10-11-24-13-15/h4-11,13,19-21H,2-3,12H2,1H3. The van der Waals surface area contributed by atoms with E-state index in [-0.39, 0.29) is 11.4 Å². The van der Waals surface area contributed by atoms with Gasteiger partial charge < -0.3 is 5.11 Å². The Balaban J connectivity index is 1.64. The molecule has 2 N–H and O–H groups in total. The Bertz CT molecular complexity index is 929. The molecule has 3 rings (SSSR count). The van der Waals surface area contributed by atoms with Crippen molar-refractivity contribution in [1.82, 2.24) is 4.72 Å². The van der Waals surface area contributed by atoms with Crippen LogP contribution in [0.15, 0.2) is 58.1 Å². The molecule has 4 nitrogen and oxygen atoms in total. The van der Waals surface area contributed by atoms with Crippen molar-refractivity contribution in [3.63, 3.8) is 0 Å². The van der Waals surface area contributed by atoms with Crippen LogP contribution < -0.4 is 4.72 Å². The molecule has 0 aliphatic rings. The third-order valence-corrected chi connectivity index (χ3v) is 7.28. The quantitative estimate of drug-likeness (QED) is 0.584. The monoisotopic (exact) mass is 407 g/mol. The molecule has 0 aliphatic carbocycles. The average Bonchev–Trinajstić information content (AvgIpc) is 3.32. The number of aliphatic hydroxyl groups excluding tert-OH is 1. The Morgan fingerprint density at radius 1 is 1.12 bits per heavy atom. The van der Waals surface area contributed by atoms with Crippen LogP contribution >= 0.6 is 22.7 Å². The Morgan fingerprint density at radius 2 is 1.88 bits per heavy atom. The van der Waals surface area contributed by atoms with Crippen molar-refractivity contribution in [2.24, 2.45) is 0 Å². The van der Waals surface area contributed by atoms with Gasteiger partial charge >= 0.3 is 0 Å². The zero-order valence-electron chi connectivity index (χ0n) is 14.4. The van der Waals surface area contributed by atoms with Crippen LogP contribution in [0.25, 0.3) is 0 Å². The van der Waals surface area contributed by atoms with E-state index in [4.69, 9.17) is 0 Å². The first-order chi connectivity index (χ1) is 12.5. The lowest BCUT2D eigenvalue weighted by Crippen LogP contribution is -2.22. The average molecular weight is 408 g/mol. The minimum absolute atomic E-state index is 0.208. The smallest absolute Gasteiger partial charge is 0.240 e. The minimum Gasteiger partial charge on any atom is -0.383 e. The Hall–Kier alpha value is -1.51. The van der Waals surface area contributed by atoms with Gasteiger partial charge in [0, 0.05) is 16.3 Å². The van der Waals surface area contributed by atoms with Gasteiger partial charge in [-0.2, -0.15) is 11.3 Å². The fourth-order valence-electron chi connectivity index (χ4n) is 2.60. The van der Waals surface area contributed by atoms with Gasteiger partial charge in [-0.05, 0) is 58.6 Å². The molecule has 0 saturated carbocycles. The molecule has 0 fully saturated rings. The van der Waals surface area contributed by atoms with E-state index in [9.17, 15) is 13.5 Å².